The van der Waals surface area contributed by atoms with Crippen molar-refractivity contribution in [3.05, 3.63) is 71.1 Å². The number of nitrogens with one attached hydrogen (secondary N) is 1. The van der Waals surface area contributed by atoms with E-state index < -0.39 is 0 Å². The van der Waals surface area contributed by atoms with E-state index in [9.17, 15) is 4.79 Å². The first kappa shape index (κ1) is 19.4. The van der Waals surface area contributed by atoms with Crippen molar-refractivity contribution in [2.75, 3.05) is 26.2 Å². The van der Waals surface area contributed by atoms with Crippen LogP contribution in [-0.4, -0.2) is 46.8 Å². The molecule has 0 unspecified atom stereocenters. The van der Waals surface area contributed by atoms with E-state index in [-0.39, 0.29) is 5.91 Å². The summed E-state index contributed by atoms with van der Waals surface area (Å²) in [7, 11) is 1.93. The third kappa shape index (κ3) is 4.10. The van der Waals surface area contributed by atoms with Gasteiger partial charge < -0.3 is 9.80 Å². The van der Waals surface area contributed by atoms with E-state index in [0.29, 0.717) is 0 Å². The highest BCUT2D eigenvalue weighted by molar-refractivity contribution is 5.92. The second-order valence-corrected chi connectivity index (χ2v) is 7.93. The molecule has 0 atom stereocenters. The molecular weight excluding hydrogens is 360 g/mol. The zero-order valence-corrected chi connectivity index (χ0v) is 17.5. The minimum Gasteiger partial charge on any atom is -0.328 e. The van der Waals surface area contributed by atoms with Crippen molar-refractivity contribution in [1.29, 1.82) is 0 Å². The number of rotatable bonds is 4. The number of nitrogens with zero attached hydrogens (tertiary/aromatic N) is 3. The van der Waals surface area contributed by atoms with Crippen LogP contribution in [0.15, 0.2) is 48.5 Å². The van der Waals surface area contributed by atoms with Gasteiger partial charge in [-0.25, -0.2) is 0 Å². The van der Waals surface area contributed by atoms with Crippen LogP contribution in [0.2, 0.25) is 0 Å². The minimum absolute atomic E-state index is 0.0943. The van der Waals surface area contributed by atoms with Gasteiger partial charge in [0, 0.05) is 29.9 Å². The number of carbonyl (C=O) groups excluding carboxylic acids is 1. The molecule has 1 N–H and O–H groups in total. The number of aromatic nitrogens is 2. The predicted octanol–water partition coefficient (Wildman–Crippen LogP) is 2.13. The number of amides is 1. The molecule has 0 radical (unpaired) electrons. The molecule has 1 aliphatic heterocycles. The van der Waals surface area contributed by atoms with Crippen molar-refractivity contribution in [2.45, 2.75) is 20.4 Å². The summed E-state index contributed by atoms with van der Waals surface area (Å²) in [5.74, 6) is 0.0943. The summed E-state index contributed by atoms with van der Waals surface area (Å²) in [5, 5.41) is 7.04. The third-order valence-corrected chi connectivity index (χ3v) is 6.06. The lowest BCUT2D eigenvalue weighted by atomic mass is 10.0. The number of hydrogen-bond donors (Lipinski definition) is 1. The maximum atomic E-state index is 12.6. The zero-order chi connectivity index (χ0) is 20.4. The summed E-state index contributed by atoms with van der Waals surface area (Å²) >= 11 is 0. The normalized spacial score (nSPS) is 15.5. The molecule has 0 bridgehead atoms. The highest BCUT2D eigenvalue weighted by atomic mass is 16.2. The van der Waals surface area contributed by atoms with Gasteiger partial charge in [-0.15, -0.1) is 0 Å². The van der Waals surface area contributed by atoms with Crippen LogP contribution in [0.4, 0.5) is 0 Å². The van der Waals surface area contributed by atoms with Crippen molar-refractivity contribution < 1.29 is 9.69 Å². The third-order valence-electron chi connectivity index (χ3n) is 6.06. The van der Waals surface area contributed by atoms with Gasteiger partial charge in [-0.3, -0.25) is 9.48 Å². The SMILES string of the molecule is Cc1nn(C)c(C)c1/C=C/C(=O)N1CC[NH+](Cc2cccc3ccccc23)CC1. The Hall–Kier alpha value is -2.92. The Morgan fingerprint density at radius 3 is 2.55 bits per heavy atom. The number of aryl methyl sites for hydroxylation is 2. The van der Waals surface area contributed by atoms with Crippen LogP contribution in [0.3, 0.4) is 0 Å². The Bertz CT molecular complexity index is 1050. The lowest BCUT2D eigenvalue weighted by Gasteiger charge is -2.32. The Kier molecular flexibility index (Phi) is 5.49. The molecule has 2 heterocycles. The summed E-state index contributed by atoms with van der Waals surface area (Å²) in [6.07, 6.45) is 3.61. The van der Waals surface area contributed by atoms with E-state index in [2.05, 4.69) is 47.6 Å². The van der Waals surface area contributed by atoms with Gasteiger partial charge in [0.25, 0.3) is 0 Å². The van der Waals surface area contributed by atoms with Crippen LogP contribution in [0.25, 0.3) is 16.8 Å². The lowest BCUT2D eigenvalue weighted by molar-refractivity contribution is -0.917. The quantitative estimate of drug-likeness (QED) is 0.695. The highest BCUT2D eigenvalue weighted by Gasteiger charge is 2.23. The Morgan fingerprint density at radius 1 is 1.10 bits per heavy atom. The van der Waals surface area contributed by atoms with Crippen molar-refractivity contribution >= 4 is 22.8 Å². The Balaban J connectivity index is 1.36. The molecule has 1 amide bonds. The van der Waals surface area contributed by atoms with Crippen molar-refractivity contribution in [2.24, 2.45) is 7.05 Å². The molecule has 1 aromatic heterocycles. The van der Waals surface area contributed by atoms with Crippen LogP contribution >= 0.6 is 0 Å². The molecule has 1 fully saturated rings. The van der Waals surface area contributed by atoms with Crippen LogP contribution in [0.5, 0.6) is 0 Å². The molecule has 4 rings (SSSR count). The summed E-state index contributed by atoms with van der Waals surface area (Å²) in [5.41, 5.74) is 4.47. The van der Waals surface area contributed by atoms with Crippen molar-refractivity contribution in [3.8, 4) is 0 Å². The van der Waals surface area contributed by atoms with Gasteiger partial charge in [-0.05, 0) is 30.7 Å². The van der Waals surface area contributed by atoms with Crippen LogP contribution in [-0.2, 0) is 18.4 Å². The summed E-state index contributed by atoms with van der Waals surface area (Å²) < 4.78 is 1.86. The van der Waals surface area contributed by atoms with Crippen LogP contribution < -0.4 is 4.90 Å². The molecule has 29 heavy (non-hydrogen) atoms. The summed E-state index contributed by atoms with van der Waals surface area (Å²) in [6.45, 7) is 8.57. The van der Waals surface area contributed by atoms with Gasteiger partial charge in [0.05, 0.1) is 31.9 Å². The molecule has 150 valence electrons. The first-order valence-electron chi connectivity index (χ1n) is 10.3. The maximum Gasteiger partial charge on any atom is 0.246 e. The standard InChI is InChI=1S/C24H28N4O/c1-18-22(19(2)26(3)25-18)11-12-24(29)28-15-13-27(14-16-28)17-21-9-6-8-20-7-4-5-10-23(20)21/h4-12H,13-17H2,1-3H3/p+1/b12-11+. The second kappa shape index (κ2) is 8.21. The smallest absolute Gasteiger partial charge is 0.246 e. The first-order valence-corrected chi connectivity index (χ1v) is 10.3. The van der Waals surface area contributed by atoms with Gasteiger partial charge in [0.1, 0.15) is 6.54 Å². The highest BCUT2D eigenvalue weighted by Crippen LogP contribution is 2.18. The van der Waals surface area contributed by atoms with Gasteiger partial charge in [-0.2, -0.15) is 5.10 Å². The van der Waals surface area contributed by atoms with Gasteiger partial charge >= 0.3 is 0 Å². The Labute approximate surface area is 172 Å². The predicted molar refractivity (Wildman–Crippen MR) is 117 cm³/mol. The number of quaternary nitrogens is 1. The summed E-state index contributed by atoms with van der Waals surface area (Å²) in [6, 6.07) is 15.1. The van der Waals surface area contributed by atoms with E-state index in [1.807, 2.05) is 36.6 Å². The molecule has 5 heteroatoms. The fourth-order valence-electron chi connectivity index (χ4n) is 4.23. The second-order valence-electron chi connectivity index (χ2n) is 7.93. The molecule has 2 aromatic carbocycles. The van der Waals surface area contributed by atoms with E-state index in [1.165, 1.54) is 21.2 Å². The zero-order valence-electron chi connectivity index (χ0n) is 17.5. The number of hydrogen-bond acceptors (Lipinski definition) is 2. The van der Waals surface area contributed by atoms with Gasteiger partial charge in [0.15, 0.2) is 0 Å². The average molecular weight is 390 g/mol. The number of fused-ring (bicyclic) bond motifs is 1. The molecule has 3 aromatic rings. The molecule has 0 saturated carbocycles. The summed E-state index contributed by atoms with van der Waals surface area (Å²) in [4.78, 5) is 16.1. The average Bonchev–Trinajstić information content (AvgIpc) is 2.98. The molecule has 0 spiro atoms. The molecule has 1 saturated heterocycles. The van der Waals surface area contributed by atoms with Crippen molar-refractivity contribution in [3.63, 3.8) is 0 Å². The monoisotopic (exact) mass is 389 g/mol. The molecule has 5 nitrogen and oxygen atoms in total. The molecule has 1 aliphatic rings. The maximum absolute atomic E-state index is 12.6. The number of carbonyl (C=O) groups is 1. The molecule has 0 aliphatic carbocycles. The Morgan fingerprint density at radius 2 is 1.83 bits per heavy atom. The fourth-order valence-corrected chi connectivity index (χ4v) is 4.23. The first-order chi connectivity index (χ1) is 14.0. The number of benzene rings is 2. The van der Waals surface area contributed by atoms with Crippen LogP contribution in [0, 0.1) is 13.8 Å². The molecular formula is C24H29N4O+. The van der Waals surface area contributed by atoms with Gasteiger partial charge in [-0.1, -0.05) is 42.5 Å². The van der Waals surface area contributed by atoms with E-state index >= 15 is 0 Å². The largest absolute Gasteiger partial charge is 0.328 e. The van der Waals surface area contributed by atoms with Gasteiger partial charge in [0.2, 0.25) is 5.91 Å². The van der Waals surface area contributed by atoms with Crippen molar-refractivity contribution in [1.82, 2.24) is 14.7 Å². The minimum atomic E-state index is 0.0943. The fraction of sp³-hybridized carbons (Fsp3) is 0.333. The van der Waals surface area contributed by atoms with E-state index in [0.717, 1.165) is 49.7 Å². The number of piperazine rings is 1. The lowest BCUT2D eigenvalue weighted by Crippen LogP contribution is -3.13. The topological polar surface area (TPSA) is 42.6 Å². The van der Waals surface area contributed by atoms with E-state index in [1.54, 1.807) is 6.08 Å². The van der Waals surface area contributed by atoms with Crippen LogP contribution in [0.1, 0.15) is 22.5 Å². The van der Waals surface area contributed by atoms with E-state index in [4.69, 9.17) is 0 Å².